The van der Waals surface area contributed by atoms with E-state index >= 15 is 0 Å². The Labute approximate surface area is 141 Å². The number of hydrogen-bond acceptors (Lipinski definition) is 4. The number of amides is 1. The highest BCUT2D eigenvalue weighted by molar-refractivity contribution is 5.80. The third kappa shape index (κ3) is 5.73. The van der Waals surface area contributed by atoms with E-state index in [2.05, 4.69) is 36.1 Å². The molecule has 0 radical (unpaired) electrons. The van der Waals surface area contributed by atoms with Crippen molar-refractivity contribution in [1.29, 1.82) is 0 Å². The number of piperazine rings is 1. The van der Waals surface area contributed by atoms with E-state index in [-0.39, 0.29) is 18.1 Å². The van der Waals surface area contributed by atoms with E-state index in [0.29, 0.717) is 12.6 Å². The molecule has 134 valence electrons. The van der Waals surface area contributed by atoms with Crippen LogP contribution in [0.1, 0.15) is 46.0 Å². The monoisotopic (exact) mass is 325 g/mol. The van der Waals surface area contributed by atoms with Gasteiger partial charge < -0.3 is 15.0 Å². The maximum Gasteiger partial charge on any atom is 0.249 e. The van der Waals surface area contributed by atoms with E-state index in [4.69, 9.17) is 4.74 Å². The Hall–Kier alpha value is -0.650. The minimum absolute atomic E-state index is 0.0624. The number of likely N-dealkylation sites (N-methyl/N-ethyl adjacent to an activating group) is 2. The van der Waals surface area contributed by atoms with Gasteiger partial charge in [0.2, 0.25) is 5.91 Å². The van der Waals surface area contributed by atoms with Crippen LogP contribution in [0, 0.1) is 5.92 Å². The van der Waals surface area contributed by atoms with Crippen molar-refractivity contribution in [2.75, 3.05) is 40.3 Å². The summed E-state index contributed by atoms with van der Waals surface area (Å²) in [5.74, 6) is 0.785. The minimum atomic E-state index is -0.295. The lowest BCUT2D eigenvalue weighted by Crippen LogP contribution is -2.55. The molecule has 1 N–H and O–H groups in total. The molecule has 4 unspecified atom stereocenters. The molecule has 0 bridgehead atoms. The average Bonchev–Trinajstić information content (AvgIpc) is 2.53. The Morgan fingerprint density at radius 2 is 2.09 bits per heavy atom. The van der Waals surface area contributed by atoms with Gasteiger partial charge in [-0.25, -0.2) is 0 Å². The number of rotatable bonds is 6. The molecule has 5 nitrogen and oxygen atoms in total. The van der Waals surface area contributed by atoms with Crippen LogP contribution >= 0.6 is 0 Å². The van der Waals surface area contributed by atoms with Crippen molar-refractivity contribution in [3.63, 3.8) is 0 Å². The van der Waals surface area contributed by atoms with Crippen LogP contribution in [0.5, 0.6) is 0 Å². The van der Waals surface area contributed by atoms with Crippen molar-refractivity contribution in [2.24, 2.45) is 5.92 Å². The molecule has 1 aliphatic heterocycles. The second kappa shape index (κ2) is 9.00. The highest BCUT2D eigenvalue weighted by Gasteiger charge is 2.27. The van der Waals surface area contributed by atoms with Gasteiger partial charge in [-0.1, -0.05) is 26.7 Å². The summed E-state index contributed by atoms with van der Waals surface area (Å²) in [7, 11) is 4.28. The van der Waals surface area contributed by atoms with E-state index in [1.165, 1.54) is 12.8 Å². The SMILES string of the molecule is CCC(OC1CCCC(C)C1)C(=O)NCC1CN(C)CCN1C. The topological polar surface area (TPSA) is 44.8 Å². The number of ether oxygens (including phenoxy) is 1. The van der Waals surface area contributed by atoms with Gasteiger partial charge in [0.05, 0.1) is 6.10 Å². The van der Waals surface area contributed by atoms with Crippen LogP contribution in [-0.4, -0.2) is 74.2 Å². The normalized spacial score (nSPS) is 31.7. The highest BCUT2D eigenvalue weighted by atomic mass is 16.5. The summed E-state index contributed by atoms with van der Waals surface area (Å²) in [6.45, 7) is 8.20. The van der Waals surface area contributed by atoms with E-state index < -0.39 is 0 Å². The molecular weight excluding hydrogens is 290 g/mol. The van der Waals surface area contributed by atoms with E-state index in [1.54, 1.807) is 0 Å². The molecule has 2 fully saturated rings. The van der Waals surface area contributed by atoms with Gasteiger partial charge >= 0.3 is 0 Å². The second-order valence-electron chi connectivity index (χ2n) is 7.57. The molecule has 1 aliphatic carbocycles. The first-order valence-electron chi connectivity index (χ1n) is 9.31. The van der Waals surface area contributed by atoms with Crippen LogP contribution in [0.3, 0.4) is 0 Å². The lowest BCUT2D eigenvalue weighted by atomic mass is 9.88. The maximum absolute atomic E-state index is 12.5. The predicted octanol–water partition coefficient (Wildman–Crippen LogP) is 1.72. The zero-order chi connectivity index (χ0) is 16.8. The summed E-state index contributed by atoms with van der Waals surface area (Å²) in [6, 6.07) is 0.393. The first-order chi connectivity index (χ1) is 11.0. The lowest BCUT2D eigenvalue weighted by molar-refractivity contribution is -0.139. The third-order valence-electron chi connectivity index (χ3n) is 5.40. The molecule has 2 aliphatic rings. The number of carbonyl (C=O) groups is 1. The summed E-state index contributed by atoms with van der Waals surface area (Å²) < 4.78 is 6.12. The van der Waals surface area contributed by atoms with Crippen molar-refractivity contribution in [2.45, 2.75) is 64.2 Å². The lowest BCUT2D eigenvalue weighted by Gasteiger charge is -2.38. The molecule has 1 saturated heterocycles. The zero-order valence-electron chi connectivity index (χ0n) is 15.4. The molecule has 0 aromatic heterocycles. The molecule has 0 spiro atoms. The van der Waals surface area contributed by atoms with Crippen molar-refractivity contribution < 1.29 is 9.53 Å². The number of hydrogen-bond donors (Lipinski definition) is 1. The highest BCUT2D eigenvalue weighted by Crippen LogP contribution is 2.27. The van der Waals surface area contributed by atoms with Gasteiger partial charge in [0.1, 0.15) is 6.10 Å². The van der Waals surface area contributed by atoms with Crippen molar-refractivity contribution in [3.05, 3.63) is 0 Å². The van der Waals surface area contributed by atoms with Crippen LogP contribution in [0.15, 0.2) is 0 Å². The number of nitrogens with one attached hydrogen (secondary N) is 1. The number of nitrogens with zero attached hydrogens (tertiary/aromatic N) is 2. The van der Waals surface area contributed by atoms with Gasteiger partial charge in [0.25, 0.3) is 0 Å². The molecule has 23 heavy (non-hydrogen) atoms. The molecule has 2 rings (SSSR count). The molecule has 1 saturated carbocycles. The fourth-order valence-electron chi connectivity index (χ4n) is 3.73. The zero-order valence-corrected chi connectivity index (χ0v) is 15.4. The molecule has 5 heteroatoms. The fraction of sp³-hybridized carbons (Fsp3) is 0.944. The Morgan fingerprint density at radius 1 is 1.30 bits per heavy atom. The predicted molar refractivity (Wildman–Crippen MR) is 93.5 cm³/mol. The standard InChI is InChI=1S/C18H35N3O2/c1-5-17(23-16-8-6-7-14(2)11-16)18(22)19-12-15-13-20(3)9-10-21(15)4/h14-17H,5-13H2,1-4H3,(H,19,22). The minimum Gasteiger partial charge on any atom is -0.365 e. The average molecular weight is 325 g/mol. The molecule has 0 aromatic carbocycles. The Kier molecular flexibility index (Phi) is 7.31. The van der Waals surface area contributed by atoms with E-state index in [0.717, 1.165) is 44.8 Å². The largest absolute Gasteiger partial charge is 0.365 e. The molecule has 1 heterocycles. The van der Waals surface area contributed by atoms with E-state index in [1.807, 2.05) is 6.92 Å². The quantitative estimate of drug-likeness (QED) is 0.808. The van der Waals surface area contributed by atoms with Gasteiger partial charge in [-0.3, -0.25) is 9.69 Å². The fourth-order valence-corrected chi connectivity index (χ4v) is 3.73. The van der Waals surface area contributed by atoms with Crippen LogP contribution in [0.25, 0.3) is 0 Å². The van der Waals surface area contributed by atoms with Gasteiger partial charge in [0.15, 0.2) is 0 Å². The Bertz CT molecular complexity index is 377. The Morgan fingerprint density at radius 3 is 2.78 bits per heavy atom. The maximum atomic E-state index is 12.5. The first kappa shape index (κ1) is 18.7. The van der Waals surface area contributed by atoms with Gasteiger partial charge in [-0.15, -0.1) is 0 Å². The Balaban J connectivity index is 1.77. The summed E-state index contributed by atoms with van der Waals surface area (Å²) in [5.41, 5.74) is 0. The van der Waals surface area contributed by atoms with Crippen molar-refractivity contribution >= 4 is 5.91 Å². The summed E-state index contributed by atoms with van der Waals surface area (Å²) in [6.07, 6.45) is 5.43. The molecule has 4 atom stereocenters. The summed E-state index contributed by atoms with van der Waals surface area (Å²) >= 11 is 0. The molecule has 1 amide bonds. The van der Waals surface area contributed by atoms with Crippen molar-refractivity contribution in [3.8, 4) is 0 Å². The molecular formula is C18H35N3O2. The second-order valence-corrected chi connectivity index (χ2v) is 7.57. The van der Waals surface area contributed by atoms with Crippen LogP contribution in [0.4, 0.5) is 0 Å². The van der Waals surface area contributed by atoms with Gasteiger partial charge in [0, 0.05) is 32.2 Å². The van der Waals surface area contributed by atoms with Crippen LogP contribution in [0.2, 0.25) is 0 Å². The van der Waals surface area contributed by atoms with Crippen LogP contribution < -0.4 is 5.32 Å². The summed E-state index contributed by atoms with van der Waals surface area (Å²) in [4.78, 5) is 17.2. The molecule has 0 aromatic rings. The van der Waals surface area contributed by atoms with Crippen molar-refractivity contribution in [1.82, 2.24) is 15.1 Å². The summed E-state index contributed by atoms with van der Waals surface area (Å²) in [5, 5.41) is 3.12. The number of carbonyl (C=O) groups excluding carboxylic acids is 1. The smallest absolute Gasteiger partial charge is 0.249 e. The van der Waals surface area contributed by atoms with E-state index in [9.17, 15) is 4.79 Å². The third-order valence-corrected chi connectivity index (χ3v) is 5.40. The van der Waals surface area contributed by atoms with Crippen LogP contribution in [-0.2, 0) is 9.53 Å². The van der Waals surface area contributed by atoms with Gasteiger partial charge in [-0.2, -0.15) is 0 Å². The first-order valence-corrected chi connectivity index (χ1v) is 9.31. The van der Waals surface area contributed by atoms with Gasteiger partial charge in [-0.05, 0) is 39.3 Å².